The van der Waals surface area contributed by atoms with Crippen molar-refractivity contribution in [3.05, 3.63) is 0 Å². The first-order valence-electron chi connectivity index (χ1n) is 6.72. The number of carbonyl (C=O) groups excluding carboxylic acids is 3. The van der Waals surface area contributed by atoms with Crippen LogP contribution in [0.5, 0.6) is 0 Å². The van der Waals surface area contributed by atoms with Crippen molar-refractivity contribution in [1.82, 2.24) is 0 Å². The maximum absolute atomic E-state index is 12.1. The van der Waals surface area contributed by atoms with E-state index < -0.39 is 54.8 Å². The molecule has 0 spiro atoms. The first-order valence-corrected chi connectivity index (χ1v) is 6.72. The van der Waals surface area contributed by atoms with Gasteiger partial charge in [-0.1, -0.05) is 0 Å². The van der Waals surface area contributed by atoms with Crippen LogP contribution in [0.3, 0.4) is 0 Å². The second-order valence-corrected chi connectivity index (χ2v) is 5.86. The van der Waals surface area contributed by atoms with Crippen molar-refractivity contribution in [2.45, 2.75) is 33.6 Å². The van der Waals surface area contributed by atoms with Crippen LogP contribution in [-0.2, 0) is 19.1 Å². The predicted octanol–water partition coefficient (Wildman–Crippen LogP) is -0.543. The monoisotopic (exact) mass is 304 g/mol. The van der Waals surface area contributed by atoms with Gasteiger partial charge < -0.3 is 20.1 Å². The van der Waals surface area contributed by atoms with Gasteiger partial charge in [-0.2, -0.15) is 0 Å². The van der Waals surface area contributed by atoms with Crippen molar-refractivity contribution in [1.29, 1.82) is 0 Å². The van der Waals surface area contributed by atoms with E-state index in [1.54, 1.807) is 20.8 Å². The van der Waals surface area contributed by atoms with Gasteiger partial charge in [0.05, 0.1) is 25.2 Å². The Hall–Kier alpha value is -1.31. The summed E-state index contributed by atoms with van der Waals surface area (Å²) < 4.78 is 4.99. The van der Waals surface area contributed by atoms with Crippen LogP contribution in [0.25, 0.3) is 0 Å². The molecular formula is C14H24O7. The number of aliphatic hydroxyl groups is 3. The highest BCUT2D eigenvalue weighted by Gasteiger charge is 2.45. The quantitative estimate of drug-likeness (QED) is 0.386. The fourth-order valence-corrected chi connectivity index (χ4v) is 1.63. The van der Waals surface area contributed by atoms with E-state index in [0.717, 1.165) is 0 Å². The molecule has 3 N–H and O–H groups in total. The van der Waals surface area contributed by atoms with Crippen molar-refractivity contribution in [3.8, 4) is 0 Å². The number of carbonyl (C=O) groups is 3. The number of rotatable bonds is 9. The molecule has 7 nitrogen and oxygen atoms in total. The lowest BCUT2D eigenvalue weighted by molar-refractivity contribution is -0.163. The molecule has 0 fully saturated rings. The maximum Gasteiger partial charge on any atom is 0.311 e. The van der Waals surface area contributed by atoms with E-state index in [1.807, 2.05) is 0 Å². The molecule has 0 saturated carbocycles. The van der Waals surface area contributed by atoms with Crippen LogP contribution in [0.4, 0.5) is 0 Å². The first-order chi connectivity index (χ1) is 9.65. The molecular weight excluding hydrogens is 280 g/mol. The van der Waals surface area contributed by atoms with E-state index in [0.29, 0.717) is 0 Å². The van der Waals surface area contributed by atoms with Crippen LogP contribution in [-0.4, -0.2) is 59.3 Å². The highest BCUT2D eigenvalue weighted by molar-refractivity contribution is 6.07. The second-order valence-electron chi connectivity index (χ2n) is 5.86. The number of hydrogen-bond acceptors (Lipinski definition) is 7. The first kappa shape index (κ1) is 19.7. The molecule has 0 unspecified atom stereocenters. The fourth-order valence-electron chi connectivity index (χ4n) is 1.63. The van der Waals surface area contributed by atoms with Crippen molar-refractivity contribution in [2.24, 2.45) is 10.8 Å². The van der Waals surface area contributed by atoms with Crippen molar-refractivity contribution >= 4 is 17.5 Å². The molecule has 0 aromatic heterocycles. The number of esters is 1. The van der Waals surface area contributed by atoms with Gasteiger partial charge in [-0.05, 0) is 20.8 Å². The minimum absolute atomic E-state index is 0.342. The lowest BCUT2D eigenvalue weighted by Crippen LogP contribution is -2.48. The zero-order valence-electron chi connectivity index (χ0n) is 12.7. The summed E-state index contributed by atoms with van der Waals surface area (Å²) >= 11 is 0. The van der Waals surface area contributed by atoms with Gasteiger partial charge in [0.2, 0.25) is 0 Å². The highest BCUT2D eigenvalue weighted by Crippen LogP contribution is 2.26. The van der Waals surface area contributed by atoms with E-state index in [2.05, 4.69) is 0 Å². The summed E-state index contributed by atoms with van der Waals surface area (Å²) in [5, 5.41) is 27.2. The Morgan fingerprint density at radius 3 is 1.62 bits per heavy atom. The third-order valence-corrected chi connectivity index (χ3v) is 3.08. The Bertz CT molecular complexity index is 363. The third kappa shape index (κ3) is 5.18. The van der Waals surface area contributed by atoms with E-state index in [1.165, 1.54) is 0 Å². The Labute approximate surface area is 123 Å². The van der Waals surface area contributed by atoms with E-state index >= 15 is 0 Å². The van der Waals surface area contributed by atoms with Gasteiger partial charge in [-0.15, -0.1) is 0 Å². The number of Topliss-reactive ketones (excluding diaryl/α,β-unsaturated/α-hetero) is 2. The van der Waals surface area contributed by atoms with Gasteiger partial charge in [0.15, 0.2) is 11.6 Å². The summed E-state index contributed by atoms with van der Waals surface area (Å²) in [7, 11) is 0. The van der Waals surface area contributed by atoms with Gasteiger partial charge in [0.1, 0.15) is 12.0 Å². The Kier molecular flexibility index (Phi) is 7.70. The number of ketones is 2. The minimum Gasteiger partial charge on any atom is -0.464 e. The van der Waals surface area contributed by atoms with Crippen LogP contribution in [0, 0.1) is 10.8 Å². The SMILES string of the molecule is CC(C)(C)C(=O)OCC(CO)(C(=O)CCO)C(=O)CCO. The molecule has 21 heavy (non-hydrogen) atoms. The van der Waals surface area contributed by atoms with Crippen LogP contribution >= 0.6 is 0 Å². The molecule has 0 amide bonds. The summed E-state index contributed by atoms with van der Waals surface area (Å²) in [5.41, 5.74) is -2.74. The van der Waals surface area contributed by atoms with Crippen LogP contribution < -0.4 is 0 Å². The molecule has 0 saturated heterocycles. The number of hydrogen-bond donors (Lipinski definition) is 3. The third-order valence-electron chi connectivity index (χ3n) is 3.08. The van der Waals surface area contributed by atoms with Crippen LogP contribution in [0.2, 0.25) is 0 Å². The molecule has 0 aliphatic heterocycles. The maximum atomic E-state index is 12.1. The van der Waals surface area contributed by atoms with Crippen molar-refractivity contribution in [3.63, 3.8) is 0 Å². The zero-order chi connectivity index (χ0) is 16.7. The van der Waals surface area contributed by atoms with Crippen LogP contribution in [0.1, 0.15) is 33.6 Å². The molecule has 0 aromatic rings. The lowest BCUT2D eigenvalue weighted by Gasteiger charge is -2.29. The van der Waals surface area contributed by atoms with E-state index in [-0.39, 0.29) is 12.8 Å². The summed E-state index contributed by atoms with van der Waals surface area (Å²) in [6, 6.07) is 0. The van der Waals surface area contributed by atoms with E-state index in [4.69, 9.17) is 14.9 Å². The van der Waals surface area contributed by atoms with Crippen molar-refractivity contribution in [2.75, 3.05) is 26.4 Å². The Morgan fingerprint density at radius 2 is 1.33 bits per heavy atom. The predicted molar refractivity (Wildman–Crippen MR) is 73.4 cm³/mol. The van der Waals surface area contributed by atoms with Gasteiger partial charge in [0, 0.05) is 12.8 Å². The van der Waals surface area contributed by atoms with Gasteiger partial charge >= 0.3 is 5.97 Å². The van der Waals surface area contributed by atoms with Crippen LogP contribution in [0.15, 0.2) is 0 Å². The molecule has 0 heterocycles. The summed E-state index contributed by atoms with van der Waals surface area (Å²) in [4.78, 5) is 35.9. The Balaban J connectivity index is 5.25. The molecule has 7 heteroatoms. The molecule has 0 bridgehead atoms. The summed E-state index contributed by atoms with van der Waals surface area (Å²) in [6.07, 6.45) is -0.685. The largest absolute Gasteiger partial charge is 0.464 e. The average Bonchev–Trinajstić information content (AvgIpc) is 2.39. The van der Waals surface area contributed by atoms with E-state index in [9.17, 15) is 19.5 Å². The molecule has 0 aromatic carbocycles. The molecule has 0 radical (unpaired) electrons. The molecule has 0 atom stereocenters. The average molecular weight is 304 g/mol. The van der Waals surface area contributed by atoms with Gasteiger partial charge in [-0.3, -0.25) is 14.4 Å². The fraction of sp³-hybridized carbons (Fsp3) is 0.786. The topological polar surface area (TPSA) is 121 Å². The standard InChI is InChI=1S/C14H24O7/c1-13(2,3)12(20)21-9-14(8-17,10(18)4-6-15)11(19)5-7-16/h15-17H,4-9H2,1-3H3. The smallest absolute Gasteiger partial charge is 0.311 e. The van der Waals surface area contributed by atoms with Crippen molar-refractivity contribution < 1.29 is 34.4 Å². The number of ether oxygens (including phenoxy) is 1. The zero-order valence-corrected chi connectivity index (χ0v) is 12.7. The second kappa shape index (κ2) is 8.21. The Morgan fingerprint density at radius 1 is 0.905 bits per heavy atom. The minimum atomic E-state index is -1.92. The molecule has 122 valence electrons. The summed E-state index contributed by atoms with van der Waals surface area (Å²) in [5.74, 6) is -2.05. The number of aliphatic hydroxyl groups excluding tert-OH is 3. The molecule has 0 rings (SSSR count). The van der Waals surface area contributed by atoms with Gasteiger partial charge in [0.25, 0.3) is 0 Å². The van der Waals surface area contributed by atoms with Gasteiger partial charge in [-0.25, -0.2) is 0 Å². The highest BCUT2D eigenvalue weighted by atomic mass is 16.5. The molecule has 0 aliphatic carbocycles. The molecule has 0 aliphatic rings. The normalized spacial score (nSPS) is 12.1. The summed E-state index contributed by atoms with van der Waals surface area (Å²) in [6.45, 7) is 2.42. The lowest BCUT2D eigenvalue weighted by atomic mass is 9.78.